The molecule has 2 heterocycles. The molecule has 0 saturated carbocycles. The number of thioether (sulfide) groups is 1. The molecule has 1 atom stereocenters. The summed E-state index contributed by atoms with van der Waals surface area (Å²) in [5.41, 5.74) is 2.90. The molecule has 1 aliphatic carbocycles. The van der Waals surface area contributed by atoms with Gasteiger partial charge >= 0.3 is 0 Å². The van der Waals surface area contributed by atoms with Crippen LogP contribution in [0.15, 0.2) is 75.9 Å². The van der Waals surface area contributed by atoms with Gasteiger partial charge < -0.3 is 0 Å². The third-order valence-electron chi connectivity index (χ3n) is 4.47. The van der Waals surface area contributed by atoms with Crippen LogP contribution in [0.3, 0.4) is 0 Å². The summed E-state index contributed by atoms with van der Waals surface area (Å²) in [6.45, 7) is 2.35. The Bertz CT molecular complexity index is 682. The Labute approximate surface area is 146 Å². The predicted octanol–water partition coefficient (Wildman–Crippen LogP) is 5.54. The number of rotatable bonds is 5. The zero-order valence-electron chi connectivity index (χ0n) is 13.1. The van der Waals surface area contributed by atoms with Gasteiger partial charge in [0.15, 0.2) is 0 Å². The fourth-order valence-corrected chi connectivity index (χ4v) is 5.60. The fraction of sp³-hybridized carbons (Fsp3) is 0.300. The largest absolute Gasteiger partial charge is 0.290 e. The highest BCUT2D eigenvalue weighted by Gasteiger charge is 2.35. The molecule has 1 aromatic heterocycles. The third-order valence-corrected chi connectivity index (χ3v) is 6.71. The first-order valence-electron chi connectivity index (χ1n) is 8.26. The van der Waals surface area contributed by atoms with E-state index in [-0.39, 0.29) is 0 Å². The molecule has 0 N–H and O–H groups in total. The third kappa shape index (κ3) is 3.47. The number of likely N-dealkylation sites (tertiary alicyclic amines) is 1. The quantitative estimate of drug-likeness (QED) is 0.703. The Morgan fingerprint density at radius 1 is 1.04 bits per heavy atom. The standard InChI is InChI=1S/C20H21NS2/c1-3-8-16(9-4-1)20(17-10-5-2-6-11-17)21-14-18(15-21)23-19-12-7-13-22-19/h1,3-5,7-13,18,20H,2,6,14-15H2. The molecule has 0 radical (unpaired) electrons. The SMILES string of the molecule is C1=CC(C(c2ccccc2)N2CC(Sc3cccs3)C2)=CCC1. The van der Waals surface area contributed by atoms with Crippen LogP contribution in [0.5, 0.6) is 0 Å². The van der Waals surface area contributed by atoms with E-state index in [0.717, 1.165) is 5.25 Å². The van der Waals surface area contributed by atoms with Gasteiger partial charge in [0.2, 0.25) is 0 Å². The van der Waals surface area contributed by atoms with E-state index in [1.165, 1.54) is 41.3 Å². The summed E-state index contributed by atoms with van der Waals surface area (Å²) >= 11 is 3.90. The summed E-state index contributed by atoms with van der Waals surface area (Å²) in [5.74, 6) is 0. The summed E-state index contributed by atoms with van der Waals surface area (Å²) < 4.78 is 1.45. The average molecular weight is 340 g/mol. The zero-order valence-corrected chi connectivity index (χ0v) is 14.7. The van der Waals surface area contributed by atoms with Crippen molar-refractivity contribution in [3.63, 3.8) is 0 Å². The minimum atomic E-state index is 0.424. The molecule has 1 aromatic carbocycles. The van der Waals surface area contributed by atoms with Crippen LogP contribution in [0.2, 0.25) is 0 Å². The molecule has 0 amide bonds. The molecule has 1 unspecified atom stereocenters. The molecule has 23 heavy (non-hydrogen) atoms. The first kappa shape index (κ1) is 15.3. The van der Waals surface area contributed by atoms with Crippen LogP contribution in [-0.4, -0.2) is 23.2 Å². The second-order valence-electron chi connectivity index (χ2n) is 6.12. The fourth-order valence-electron chi connectivity index (χ4n) is 3.34. The highest BCUT2D eigenvalue weighted by Crippen LogP contribution is 2.40. The van der Waals surface area contributed by atoms with Crippen LogP contribution in [0, 0.1) is 0 Å². The van der Waals surface area contributed by atoms with E-state index >= 15 is 0 Å². The zero-order chi connectivity index (χ0) is 15.5. The Morgan fingerprint density at radius 2 is 1.91 bits per heavy atom. The number of hydrogen-bond acceptors (Lipinski definition) is 3. The lowest BCUT2D eigenvalue weighted by atomic mass is 9.91. The summed E-state index contributed by atoms with van der Waals surface area (Å²) in [6.07, 6.45) is 9.44. The molecule has 1 saturated heterocycles. The molecule has 3 heteroatoms. The van der Waals surface area contributed by atoms with Crippen LogP contribution in [-0.2, 0) is 0 Å². The lowest BCUT2D eigenvalue weighted by Crippen LogP contribution is -2.50. The Balaban J connectivity index is 1.49. The van der Waals surface area contributed by atoms with Gasteiger partial charge in [-0.25, -0.2) is 0 Å². The van der Waals surface area contributed by atoms with Crippen molar-refractivity contribution in [2.45, 2.75) is 28.3 Å². The number of nitrogens with zero attached hydrogens (tertiary/aromatic N) is 1. The van der Waals surface area contributed by atoms with Gasteiger partial charge in [-0.1, -0.05) is 54.6 Å². The van der Waals surface area contributed by atoms with Crippen LogP contribution in [0.25, 0.3) is 0 Å². The van der Waals surface area contributed by atoms with E-state index in [1.807, 2.05) is 23.1 Å². The van der Waals surface area contributed by atoms with Crippen molar-refractivity contribution in [1.82, 2.24) is 4.90 Å². The minimum absolute atomic E-state index is 0.424. The van der Waals surface area contributed by atoms with Crippen molar-refractivity contribution in [1.29, 1.82) is 0 Å². The maximum absolute atomic E-state index is 2.63. The monoisotopic (exact) mass is 339 g/mol. The summed E-state index contributed by atoms with van der Waals surface area (Å²) in [5, 5.41) is 2.90. The molecule has 1 fully saturated rings. The lowest BCUT2D eigenvalue weighted by molar-refractivity contribution is 0.148. The maximum atomic E-state index is 2.63. The lowest BCUT2D eigenvalue weighted by Gasteiger charge is -2.45. The van der Waals surface area contributed by atoms with Crippen molar-refractivity contribution < 1.29 is 0 Å². The molecule has 4 rings (SSSR count). The first-order chi connectivity index (χ1) is 11.4. The van der Waals surface area contributed by atoms with E-state index in [0.29, 0.717) is 6.04 Å². The molecule has 1 nitrogen and oxygen atoms in total. The van der Waals surface area contributed by atoms with Gasteiger partial charge in [0.1, 0.15) is 0 Å². The first-order valence-corrected chi connectivity index (χ1v) is 10.0. The van der Waals surface area contributed by atoms with Crippen molar-refractivity contribution >= 4 is 23.1 Å². The highest BCUT2D eigenvalue weighted by molar-refractivity contribution is 8.01. The molecule has 0 bridgehead atoms. The van der Waals surface area contributed by atoms with Gasteiger partial charge in [0.05, 0.1) is 10.3 Å². The predicted molar refractivity (Wildman–Crippen MR) is 101 cm³/mol. The molecule has 1 aliphatic heterocycles. The van der Waals surface area contributed by atoms with E-state index in [2.05, 4.69) is 71.0 Å². The summed E-state index contributed by atoms with van der Waals surface area (Å²) in [6, 6.07) is 15.8. The Kier molecular flexibility index (Phi) is 4.69. The number of hydrogen-bond donors (Lipinski definition) is 0. The van der Waals surface area contributed by atoms with E-state index in [1.54, 1.807) is 0 Å². The molecule has 2 aliphatic rings. The molecule has 2 aromatic rings. The van der Waals surface area contributed by atoms with Gasteiger partial charge in [0, 0.05) is 18.3 Å². The smallest absolute Gasteiger partial charge is 0.0602 e. The normalized spacial score (nSPS) is 20.1. The maximum Gasteiger partial charge on any atom is 0.0602 e. The number of thiophene rings is 1. The van der Waals surface area contributed by atoms with Gasteiger partial charge in [-0.2, -0.15) is 0 Å². The van der Waals surface area contributed by atoms with Crippen molar-refractivity contribution in [3.8, 4) is 0 Å². The van der Waals surface area contributed by atoms with Crippen LogP contribution in [0.4, 0.5) is 0 Å². The average Bonchev–Trinajstić information content (AvgIpc) is 3.08. The number of allylic oxidation sites excluding steroid dienone is 2. The van der Waals surface area contributed by atoms with E-state index < -0.39 is 0 Å². The van der Waals surface area contributed by atoms with Crippen LogP contribution >= 0.6 is 23.1 Å². The van der Waals surface area contributed by atoms with Crippen molar-refractivity contribution in [2.24, 2.45) is 0 Å². The molecular formula is C20H21NS2. The van der Waals surface area contributed by atoms with E-state index in [4.69, 9.17) is 0 Å². The second kappa shape index (κ2) is 7.08. The molecule has 118 valence electrons. The topological polar surface area (TPSA) is 3.24 Å². The highest BCUT2D eigenvalue weighted by atomic mass is 32.2. The number of benzene rings is 1. The Hall–Kier alpha value is -1.29. The van der Waals surface area contributed by atoms with Gasteiger partial charge in [-0.3, -0.25) is 4.90 Å². The summed E-state index contributed by atoms with van der Waals surface area (Å²) in [4.78, 5) is 2.63. The van der Waals surface area contributed by atoms with Crippen molar-refractivity contribution in [3.05, 3.63) is 77.2 Å². The Morgan fingerprint density at radius 3 is 2.61 bits per heavy atom. The van der Waals surface area contributed by atoms with Crippen LogP contribution in [0.1, 0.15) is 24.4 Å². The van der Waals surface area contributed by atoms with Gasteiger partial charge in [0.25, 0.3) is 0 Å². The minimum Gasteiger partial charge on any atom is -0.290 e. The second-order valence-corrected chi connectivity index (χ2v) is 8.67. The molecule has 0 spiro atoms. The molecular weight excluding hydrogens is 318 g/mol. The van der Waals surface area contributed by atoms with E-state index in [9.17, 15) is 0 Å². The summed E-state index contributed by atoms with van der Waals surface area (Å²) in [7, 11) is 0. The van der Waals surface area contributed by atoms with Crippen molar-refractivity contribution in [2.75, 3.05) is 13.1 Å². The van der Waals surface area contributed by atoms with Gasteiger partial charge in [-0.15, -0.1) is 23.1 Å². The van der Waals surface area contributed by atoms with Crippen LogP contribution < -0.4 is 0 Å². The van der Waals surface area contributed by atoms with Gasteiger partial charge in [-0.05, 0) is 35.4 Å².